The number of methoxy groups -OCH3 is 1. The summed E-state index contributed by atoms with van der Waals surface area (Å²) in [6, 6.07) is 14.0. The van der Waals surface area contributed by atoms with Crippen molar-refractivity contribution in [2.24, 2.45) is 5.92 Å². The molecule has 1 saturated carbocycles. The molecule has 2 aliphatic rings. The molecule has 3 nitrogen and oxygen atoms in total. The number of ether oxygens (including phenoxy) is 2. The Morgan fingerprint density at radius 3 is 2.67 bits per heavy atom. The first-order chi connectivity index (χ1) is 11.7. The van der Waals surface area contributed by atoms with E-state index in [1.165, 1.54) is 24.8 Å². The van der Waals surface area contributed by atoms with Crippen molar-refractivity contribution >= 4 is 0 Å². The van der Waals surface area contributed by atoms with Crippen LogP contribution in [0.15, 0.2) is 42.5 Å². The molecule has 0 spiro atoms. The van der Waals surface area contributed by atoms with E-state index in [4.69, 9.17) is 9.47 Å². The van der Waals surface area contributed by atoms with E-state index in [1.54, 1.807) is 13.2 Å². The van der Waals surface area contributed by atoms with Crippen LogP contribution in [0.4, 0.5) is 0 Å². The Labute approximate surface area is 143 Å². The first-order valence-electron chi connectivity index (χ1n) is 8.87. The number of aromatic hydroxyl groups is 1. The molecule has 1 fully saturated rings. The second-order valence-corrected chi connectivity index (χ2v) is 6.96. The van der Waals surface area contributed by atoms with Crippen LogP contribution in [-0.4, -0.2) is 18.3 Å². The van der Waals surface area contributed by atoms with Gasteiger partial charge in [-0.3, -0.25) is 0 Å². The zero-order valence-electron chi connectivity index (χ0n) is 14.1. The molecule has 1 aliphatic heterocycles. The Bertz CT molecular complexity index is 708. The van der Waals surface area contributed by atoms with Gasteiger partial charge in [-0.1, -0.05) is 18.6 Å². The van der Waals surface area contributed by atoms with Gasteiger partial charge in [0.05, 0.1) is 7.11 Å². The normalized spacial score (nSPS) is 25.8. The van der Waals surface area contributed by atoms with Gasteiger partial charge in [-0.05, 0) is 73.1 Å². The van der Waals surface area contributed by atoms with E-state index < -0.39 is 0 Å². The SMILES string of the molecule is COc1ccc(C2CCCC2[C@@H]2CCc3cc(O)ccc3O2)cc1. The summed E-state index contributed by atoms with van der Waals surface area (Å²) in [4.78, 5) is 0. The highest BCUT2D eigenvalue weighted by Crippen LogP contribution is 2.45. The fourth-order valence-corrected chi connectivity index (χ4v) is 4.40. The van der Waals surface area contributed by atoms with Crippen molar-refractivity contribution in [3.8, 4) is 17.2 Å². The maximum Gasteiger partial charge on any atom is 0.123 e. The molecule has 24 heavy (non-hydrogen) atoms. The molecule has 4 rings (SSSR count). The number of hydrogen-bond donors (Lipinski definition) is 1. The smallest absolute Gasteiger partial charge is 0.123 e. The lowest BCUT2D eigenvalue weighted by atomic mass is 9.82. The van der Waals surface area contributed by atoms with E-state index in [0.717, 1.165) is 29.9 Å². The van der Waals surface area contributed by atoms with Gasteiger partial charge in [-0.2, -0.15) is 0 Å². The topological polar surface area (TPSA) is 38.7 Å². The highest BCUT2D eigenvalue weighted by Gasteiger charge is 2.37. The van der Waals surface area contributed by atoms with E-state index in [1.807, 2.05) is 12.1 Å². The monoisotopic (exact) mass is 324 g/mol. The summed E-state index contributed by atoms with van der Waals surface area (Å²) < 4.78 is 11.6. The van der Waals surface area contributed by atoms with Gasteiger partial charge in [0, 0.05) is 5.92 Å². The third-order valence-electron chi connectivity index (χ3n) is 5.61. The highest BCUT2D eigenvalue weighted by molar-refractivity contribution is 5.41. The van der Waals surface area contributed by atoms with Crippen molar-refractivity contribution in [3.05, 3.63) is 53.6 Å². The maximum absolute atomic E-state index is 9.63. The molecular weight excluding hydrogens is 300 g/mol. The molecule has 3 atom stereocenters. The Morgan fingerprint density at radius 2 is 1.88 bits per heavy atom. The molecule has 126 valence electrons. The average Bonchev–Trinajstić information content (AvgIpc) is 3.11. The Balaban J connectivity index is 1.53. The summed E-state index contributed by atoms with van der Waals surface area (Å²) in [5.74, 6) is 3.33. The van der Waals surface area contributed by atoms with Gasteiger partial charge in [0.2, 0.25) is 0 Å². The van der Waals surface area contributed by atoms with E-state index in [2.05, 4.69) is 24.3 Å². The number of fused-ring (bicyclic) bond motifs is 1. The molecule has 0 saturated heterocycles. The molecule has 1 N–H and O–H groups in total. The molecule has 0 radical (unpaired) electrons. The largest absolute Gasteiger partial charge is 0.508 e. The molecule has 2 aromatic rings. The quantitative estimate of drug-likeness (QED) is 0.891. The first-order valence-corrected chi connectivity index (χ1v) is 8.87. The second-order valence-electron chi connectivity index (χ2n) is 6.96. The van der Waals surface area contributed by atoms with E-state index >= 15 is 0 Å². The minimum Gasteiger partial charge on any atom is -0.508 e. The summed E-state index contributed by atoms with van der Waals surface area (Å²) in [5.41, 5.74) is 2.53. The van der Waals surface area contributed by atoms with Crippen LogP contribution < -0.4 is 9.47 Å². The van der Waals surface area contributed by atoms with Crippen LogP contribution in [0.3, 0.4) is 0 Å². The van der Waals surface area contributed by atoms with Crippen LogP contribution in [0.5, 0.6) is 17.2 Å². The number of phenolic OH excluding ortho intramolecular Hbond substituents is 1. The van der Waals surface area contributed by atoms with Gasteiger partial charge in [-0.15, -0.1) is 0 Å². The molecule has 0 bridgehead atoms. The fourth-order valence-electron chi connectivity index (χ4n) is 4.40. The lowest BCUT2D eigenvalue weighted by molar-refractivity contribution is 0.104. The molecule has 3 heteroatoms. The van der Waals surface area contributed by atoms with Crippen LogP contribution in [0.2, 0.25) is 0 Å². The van der Waals surface area contributed by atoms with E-state index in [-0.39, 0.29) is 6.10 Å². The lowest BCUT2D eigenvalue weighted by Gasteiger charge is -2.33. The van der Waals surface area contributed by atoms with Crippen LogP contribution in [0.25, 0.3) is 0 Å². The van der Waals surface area contributed by atoms with Crippen molar-refractivity contribution in [3.63, 3.8) is 0 Å². The third-order valence-corrected chi connectivity index (χ3v) is 5.61. The Hall–Kier alpha value is -2.16. The van der Waals surface area contributed by atoms with Gasteiger partial charge < -0.3 is 14.6 Å². The van der Waals surface area contributed by atoms with Crippen LogP contribution in [0, 0.1) is 5.92 Å². The zero-order chi connectivity index (χ0) is 16.5. The van der Waals surface area contributed by atoms with Crippen molar-refractivity contribution in [2.75, 3.05) is 7.11 Å². The van der Waals surface area contributed by atoms with Crippen molar-refractivity contribution in [2.45, 2.75) is 44.1 Å². The van der Waals surface area contributed by atoms with Crippen LogP contribution >= 0.6 is 0 Å². The van der Waals surface area contributed by atoms with Crippen molar-refractivity contribution in [1.82, 2.24) is 0 Å². The van der Waals surface area contributed by atoms with Crippen LogP contribution in [-0.2, 0) is 6.42 Å². The first kappa shape index (κ1) is 15.4. The molecule has 2 aromatic carbocycles. The highest BCUT2D eigenvalue weighted by atomic mass is 16.5. The molecule has 2 unspecified atom stereocenters. The van der Waals surface area contributed by atoms with E-state index in [9.17, 15) is 5.11 Å². The summed E-state index contributed by atoms with van der Waals surface area (Å²) in [5, 5.41) is 9.63. The molecular formula is C21H24O3. The van der Waals surface area contributed by atoms with E-state index in [0.29, 0.717) is 17.6 Å². The van der Waals surface area contributed by atoms with Gasteiger partial charge >= 0.3 is 0 Å². The van der Waals surface area contributed by atoms with Gasteiger partial charge in [0.25, 0.3) is 0 Å². The number of benzene rings is 2. The van der Waals surface area contributed by atoms with Gasteiger partial charge in [-0.25, -0.2) is 0 Å². The summed E-state index contributed by atoms with van der Waals surface area (Å²) in [6.45, 7) is 0. The summed E-state index contributed by atoms with van der Waals surface area (Å²) in [6.07, 6.45) is 6.03. The summed E-state index contributed by atoms with van der Waals surface area (Å²) in [7, 11) is 1.71. The molecule has 1 aliphatic carbocycles. The maximum atomic E-state index is 9.63. The zero-order valence-corrected chi connectivity index (χ0v) is 14.1. The minimum absolute atomic E-state index is 0.275. The van der Waals surface area contributed by atoms with Crippen molar-refractivity contribution < 1.29 is 14.6 Å². The third kappa shape index (κ3) is 2.83. The fraction of sp³-hybridized carbons (Fsp3) is 0.429. The Kier molecular flexibility index (Phi) is 4.09. The van der Waals surface area contributed by atoms with Crippen LogP contribution in [0.1, 0.15) is 42.7 Å². The second kappa shape index (κ2) is 6.39. The predicted octanol–water partition coefficient (Wildman–Crippen LogP) is 4.68. The molecule has 1 heterocycles. The number of phenols is 1. The molecule has 0 aromatic heterocycles. The number of aryl methyl sites for hydroxylation is 1. The number of rotatable bonds is 3. The standard InChI is InChI=1S/C21H24O3/c1-23-17-9-5-14(6-10-17)18-3-2-4-19(18)21-11-7-15-13-16(22)8-12-20(15)24-21/h5-6,8-10,12-13,18-19,21-22H,2-4,7,11H2,1H3/t18?,19?,21-/m0/s1. The predicted molar refractivity (Wildman–Crippen MR) is 93.9 cm³/mol. The summed E-state index contributed by atoms with van der Waals surface area (Å²) >= 11 is 0. The lowest BCUT2D eigenvalue weighted by Crippen LogP contribution is -2.32. The number of hydrogen-bond acceptors (Lipinski definition) is 3. The van der Waals surface area contributed by atoms with Crippen molar-refractivity contribution in [1.29, 1.82) is 0 Å². The minimum atomic E-state index is 0.275. The average molecular weight is 324 g/mol. The molecule has 0 amide bonds. The van der Waals surface area contributed by atoms with Gasteiger partial charge in [0.1, 0.15) is 23.4 Å². The Morgan fingerprint density at radius 1 is 1.04 bits per heavy atom. The van der Waals surface area contributed by atoms with Gasteiger partial charge in [0.15, 0.2) is 0 Å².